The zero-order valence-electron chi connectivity index (χ0n) is 11.5. The first-order valence-corrected chi connectivity index (χ1v) is 7.85. The van der Waals surface area contributed by atoms with Gasteiger partial charge in [0.15, 0.2) is 0 Å². The number of benzene rings is 1. The number of halogens is 1. The Morgan fingerprint density at radius 2 is 1.95 bits per heavy atom. The number of anilines is 1. The minimum absolute atomic E-state index is 0.235. The van der Waals surface area contributed by atoms with Gasteiger partial charge in [0.25, 0.3) is 5.91 Å². The predicted molar refractivity (Wildman–Crippen MR) is 83.5 cm³/mol. The van der Waals surface area contributed by atoms with Crippen LogP contribution in [0.2, 0.25) is 0 Å². The van der Waals surface area contributed by atoms with Crippen LogP contribution in [0.1, 0.15) is 48.9 Å². The fourth-order valence-electron chi connectivity index (χ4n) is 2.63. The molecule has 4 nitrogen and oxygen atoms in total. The number of nitrogens with two attached hydrogens (primary N) is 1. The molecule has 1 saturated carbocycles. The first kappa shape index (κ1) is 15.3. The Balaban J connectivity index is 1.99. The zero-order chi connectivity index (χ0) is 14.6. The molecule has 1 aliphatic rings. The lowest BCUT2D eigenvalue weighted by Gasteiger charge is -2.26. The molecule has 110 valence electrons. The van der Waals surface area contributed by atoms with Crippen LogP contribution in [-0.4, -0.2) is 23.2 Å². The SMILES string of the molecule is Nc1ccc(Br)cc1C(=O)NCC1(O)CCCCCC1. The summed E-state index contributed by atoms with van der Waals surface area (Å²) in [5, 5.41) is 13.3. The maximum absolute atomic E-state index is 12.2. The van der Waals surface area contributed by atoms with Gasteiger partial charge in [-0.2, -0.15) is 0 Å². The molecule has 0 unspecified atom stereocenters. The molecule has 0 aromatic heterocycles. The van der Waals surface area contributed by atoms with Crippen LogP contribution in [0.5, 0.6) is 0 Å². The molecule has 2 rings (SSSR count). The maximum atomic E-state index is 12.2. The van der Waals surface area contributed by atoms with E-state index in [2.05, 4.69) is 21.2 Å². The second kappa shape index (κ2) is 6.59. The van der Waals surface area contributed by atoms with Gasteiger partial charge >= 0.3 is 0 Å². The van der Waals surface area contributed by atoms with Crippen molar-refractivity contribution in [2.75, 3.05) is 12.3 Å². The van der Waals surface area contributed by atoms with Crippen LogP contribution < -0.4 is 11.1 Å². The van der Waals surface area contributed by atoms with E-state index >= 15 is 0 Å². The van der Waals surface area contributed by atoms with Gasteiger partial charge in [-0.1, -0.05) is 41.6 Å². The summed E-state index contributed by atoms with van der Waals surface area (Å²) >= 11 is 3.33. The smallest absolute Gasteiger partial charge is 0.253 e. The van der Waals surface area contributed by atoms with Gasteiger partial charge in [0.1, 0.15) is 0 Å². The van der Waals surface area contributed by atoms with Crippen molar-refractivity contribution < 1.29 is 9.90 Å². The van der Waals surface area contributed by atoms with E-state index in [1.54, 1.807) is 18.2 Å². The van der Waals surface area contributed by atoms with Crippen LogP contribution >= 0.6 is 15.9 Å². The molecule has 0 aliphatic heterocycles. The van der Waals surface area contributed by atoms with Crippen molar-refractivity contribution in [1.29, 1.82) is 0 Å². The number of aliphatic hydroxyl groups is 1. The van der Waals surface area contributed by atoms with Gasteiger partial charge in [-0.25, -0.2) is 0 Å². The lowest BCUT2D eigenvalue weighted by Crippen LogP contribution is -2.42. The monoisotopic (exact) mass is 340 g/mol. The maximum Gasteiger partial charge on any atom is 0.253 e. The van der Waals surface area contributed by atoms with E-state index in [9.17, 15) is 9.90 Å². The fourth-order valence-corrected chi connectivity index (χ4v) is 2.99. The quantitative estimate of drug-likeness (QED) is 0.585. The molecule has 1 aromatic rings. The summed E-state index contributed by atoms with van der Waals surface area (Å²) < 4.78 is 0.810. The number of amides is 1. The third-order valence-electron chi connectivity index (χ3n) is 3.87. The van der Waals surface area contributed by atoms with Crippen molar-refractivity contribution in [3.63, 3.8) is 0 Å². The number of hydrogen-bond acceptors (Lipinski definition) is 3. The Hall–Kier alpha value is -1.07. The molecule has 0 saturated heterocycles. The summed E-state index contributed by atoms with van der Waals surface area (Å²) in [4.78, 5) is 12.2. The van der Waals surface area contributed by atoms with Crippen molar-refractivity contribution in [3.05, 3.63) is 28.2 Å². The molecule has 0 heterocycles. The van der Waals surface area contributed by atoms with E-state index < -0.39 is 5.60 Å². The average Bonchev–Trinajstić information content (AvgIpc) is 2.64. The molecule has 4 N–H and O–H groups in total. The van der Waals surface area contributed by atoms with E-state index in [0.29, 0.717) is 11.3 Å². The molecule has 0 radical (unpaired) electrons. The molecule has 5 heteroatoms. The summed E-state index contributed by atoms with van der Waals surface area (Å²) in [7, 11) is 0. The van der Waals surface area contributed by atoms with Gasteiger partial charge in [0, 0.05) is 16.7 Å². The molecule has 20 heavy (non-hydrogen) atoms. The van der Waals surface area contributed by atoms with Crippen molar-refractivity contribution in [2.24, 2.45) is 0 Å². The Labute approximate surface area is 127 Å². The van der Waals surface area contributed by atoms with E-state index in [4.69, 9.17) is 5.73 Å². The summed E-state index contributed by atoms with van der Waals surface area (Å²) in [6, 6.07) is 5.19. The second-order valence-electron chi connectivity index (χ2n) is 5.55. The molecule has 1 aliphatic carbocycles. The second-order valence-corrected chi connectivity index (χ2v) is 6.47. The molecule has 1 aromatic carbocycles. The molecular formula is C15H21BrN2O2. The Morgan fingerprint density at radius 3 is 2.60 bits per heavy atom. The molecule has 0 bridgehead atoms. The van der Waals surface area contributed by atoms with Gasteiger partial charge in [0.05, 0.1) is 11.2 Å². The van der Waals surface area contributed by atoms with E-state index in [0.717, 1.165) is 43.0 Å². The Kier molecular flexibility index (Phi) is 5.05. The Bertz CT molecular complexity index is 483. The number of rotatable bonds is 3. The van der Waals surface area contributed by atoms with Crippen LogP contribution in [0, 0.1) is 0 Å². The van der Waals surface area contributed by atoms with Gasteiger partial charge in [-0.15, -0.1) is 0 Å². The number of carbonyl (C=O) groups excluding carboxylic acids is 1. The lowest BCUT2D eigenvalue weighted by molar-refractivity contribution is 0.0246. The highest BCUT2D eigenvalue weighted by molar-refractivity contribution is 9.10. The van der Waals surface area contributed by atoms with Crippen molar-refractivity contribution in [1.82, 2.24) is 5.32 Å². The van der Waals surface area contributed by atoms with E-state index in [-0.39, 0.29) is 12.5 Å². The van der Waals surface area contributed by atoms with Gasteiger partial charge in [-0.3, -0.25) is 4.79 Å². The fraction of sp³-hybridized carbons (Fsp3) is 0.533. The highest BCUT2D eigenvalue weighted by Gasteiger charge is 2.28. The minimum Gasteiger partial charge on any atom is -0.398 e. The molecule has 0 atom stereocenters. The van der Waals surface area contributed by atoms with E-state index in [1.807, 2.05) is 0 Å². The first-order chi connectivity index (χ1) is 9.50. The Morgan fingerprint density at radius 1 is 1.30 bits per heavy atom. The highest BCUT2D eigenvalue weighted by atomic mass is 79.9. The van der Waals surface area contributed by atoms with Crippen LogP contribution in [0.25, 0.3) is 0 Å². The van der Waals surface area contributed by atoms with E-state index in [1.165, 1.54) is 0 Å². The zero-order valence-corrected chi connectivity index (χ0v) is 13.1. The predicted octanol–water partition coefficient (Wildman–Crippen LogP) is 2.85. The van der Waals surface area contributed by atoms with Crippen molar-refractivity contribution in [2.45, 2.75) is 44.1 Å². The topological polar surface area (TPSA) is 75.4 Å². The molecule has 1 fully saturated rings. The van der Waals surface area contributed by atoms with Gasteiger partial charge in [0.2, 0.25) is 0 Å². The standard InChI is InChI=1S/C15H21BrN2O2/c16-11-5-6-13(17)12(9-11)14(19)18-10-15(20)7-3-1-2-4-8-15/h5-6,9,20H,1-4,7-8,10,17H2,(H,18,19). The summed E-state index contributed by atoms with van der Waals surface area (Å²) in [5.74, 6) is -0.235. The minimum atomic E-state index is -0.771. The van der Waals surface area contributed by atoms with Crippen molar-refractivity contribution in [3.8, 4) is 0 Å². The van der Waals surface area contributed by atoms with Crippen LogP contribution in [-0.2, 0) is 0 Å². The van der Waals surface area contributed by atoms with Gasteiger partial charge < -0.3 is 16.2 Å². The summed E-state index contributed by atoms with van der Waals surface area (Å²) in [6.07, 6.45) is 5.86. The summed E-state index contributed by atoms with van der Waals surface area (Å²) in [5.41, 5.74) is 5.93. The number of nitrogens with one attached hydrogen (secondary N) is 1. The molecular weight excluding hydrogens is 320 g/mol. The van der Waals surface area contributed by atoms with Gasteiger partial charge in [-0.05, 0) is 31.0 Å². The highest BCUT2D eigenvalue weighted by Crippen LogP contribution is 2.26. The normalized spacial score (nSPS) is 18.3. The number of carbonyl (C=O) groups is 1. The summed E-state index contributed by atoms with van der Waals surface area (Å²) in [6.45, 7) is 0.289. The lowest BCUT2D eigenvalue weighted by atomic mass is 9.94. The third-order valence-corrected chi connectivity index (χ3v) is 4.37. The van der Waals surface area contributed by atoms with Crippen LogP contribution in [0.3, 0.4) is 0 Å². The third kappa shape index (κ3) is 3.96. The van der Waals surface area contributed by atoms with Crippen LogP contribution in [0.4, 0.5) is 5.69 Å². The molecule has 1 amide bonds. The van der Waals surface area contributed by atoms with Crippen molar-refractivity contribution >= 4 is 27.5 Å². The van der Waals surface area contributed by atoms with Crippen LogP contribution in [0.15, 0.2) is 22.7 Å². The average molecular weight is 341 g/mol. The number of hydrogen-bond donors (Lipinski definition) is 3. The number of nitrogen functional groups attached to an aromatic ring is 1. The first-order valence-electron chi connectivity index (χ1n) is 7.06. The largest absolute Gasteiger partial charge is 0.398 e. The molecule has 0 spiro atoms.